The molecule has 2 amide bonds. The number of rotatable bonds is 12. The zero-order valence-corrected chi connectivity index (χ0v) is 43.5. The van der Waals surface area contributed by atoms with E-state index in [9.17, 15) is 43.4 Å². The number of aromatic nitrogens is 2. The maximum atomic E-state index is 15.0. The van der Waals surface area contributed by atoms with E-state index in [0.29, 0.717) is 35.0 Å². The smallest absolute Gasteiger partial charge is 0.471 e. The molecule has 6 fully saturated rings. The van der Waals surface area contributed by atoms with E-state index in [1.54, 1.807) is 24.3 Å². The first kappa shape index (κ1) is 51.0. The third kappa shape index (κ3) is 7.86. The SMILES string of the molecule is CC(C)C1=C2[C@H]3CC[C@@H]4[C@@]5(C)CC[C@H](OC(=O)[C@H]6C[C@@H](C(=O)O)C6(C)C)C(C)(C)[C@@H]5CC[C@@]4(C)[C@]3(C)CC[C@@]2(NC(=O)C2(NC(=O)c3cc(-c4ccc(Cl)cc4)nn3COP(=O)(O)O)COC2)CC1=O. The molecule has 70 heavy (non-hydrogen) atoms. The first-order valence-corrected chi connectivity index (χ1v) is 26.9. The van der Waals surface area contributed by atoms with E-state index < -0.39 is 60.7 Å². The third-order valence-corrected chi connectivity index (χ3v) is 20.5. The van der Waals surface area contributed by atoms with E-state index in [2.05, 4.69) is 50.4 Å². The van der Waals surface area contributed by atoms with Crippen LogP contribution in [0.15, 0.2) is 41.5 Å². The predicted octanol–water partition coefficient (Wildman–Crippen LogP) is 8.28. The number of hydrogen-bond acceptors (Lipinski definition) is 10. The van der Waals surface area contributed by atoms with E-state index >= 15 is 0 Å². The molecule has 10 atom stereocenters. The van der Waals surface area contributed by atoms with Crippen LogP contribution >= 0.6 is 19.4 Å². The van der Waals surface area contributed by atoms with Gasteiger partial charge >= 0.3 is 19.8 Å². The summed E-state index contributed by atoms with van der Waals surface area (Å²) < 4.78 is 29.5. The molecule has 16 nitrogen and oxygen atoms in total. The lowest BCUT2D eigenvalue weighted by molar-refractivity contribution is -0.235. The Morgan fingerprint density at radius 2 is 1.57 bits per heavy atom. The van der Waals surface area contributed by atoms with Crippen LogP contribution in [0.2, 0.25) is 5.02 Å². The summed E-state index contributed by atoms with van der Waals surface area (Å²) in [6.07, 6.45) is 6.79. The van der Waals surface area contributed by atoms with Gasteiger partial charge in [-0.05, 0) is 132 Å². The number of ketones is 1. The van der Waals surface area contributed by atoms with Gasteiger partial charge in [-0.3, -0.25) is 28.5 Å². The maximum Gasteiger partial charge on any atom is 0.471 e. The van der Waals surface area contributed by atoms with Crippen molar-refractivity contribution >= 4 is 49.0 Å². The highest BCUT2D eigenvalue weighted by atomic mass is 35.5. The number of hydrogen-bond donors (Lipinski definition) is 5. The zero-order valence-electron chi connectivity index (χ0n) is 41.9. The molecule has 382 valence electrons. The van der Waals surface area contributed by atoms with Crippen molar-refractivity contribution in [1.82, 2.24) is 20.4 Å². The van der Waals surface area contributed by atoms with E-state index in [0.717, 1.165) is 60.8 Å². The van der Waals surface area contributed by atoms with Crippen LogP contribution in [0.4, 0.5) is 0 Å². The topological polar surface area (TPSA) is 233 Å². The second-order valence-corrected chi connectivity index (χ2v) is 25.9. The van der Waals surface area contributed by atoms with E-state index in [-0.39, 0.29) is 82.6 Å². The predicted molar refractivity (Wildman–Crippen MR) is 258 cm³/mol. The van der Waals surface area contributed by atoms with Gasteiger partial charge < -0.3 is 35.0 Å². The van der Waals surface area contributed by atoms with Crippen LogP contribution in [0, 0.1) is 62.6 Å². The van der Waals surface area contributed by atoms with Crippen LogP contribution in [0.25, 0.3) is 11.3 Å². The zero-order chi connectivity index (χ0) is 50.9. The average Bonchev–Trinajstić information content (AvgIpc) is 3.80. The Labute approximate surface area is 415 Å². The summed E-state index contributed by atoms with van der Waals surface area (Å²) >= 11 is 6.11. The molecule has 9 rings (SSSR count). The highest BCUT2D eigenvalue weighted by molar-refractivity contribution is 7.46. The van der Waals surface area contributed by atoms with E-state index in [4.69, 9.17) is 25.6 Å². The highest BCUT2D eigenvalue weighted by Gasteiger charge is 2.71. The number of esters is 1. The number of ether oxygens (including phenoxy) is 2. The number of carboxylic acids is 1. The maximum absolute atomic E-state index is 15.0. The number of allylic oxidation sites excluding steroid dienone is 1. The standard InChI is InChI=1S/C52H70ClN4O12P/c1-28(2)40-36(58)24-51(55-45(63)52(25-67-26-52)54-42(59)35-23-34(29-10-12-30(53)13-11-29)56-57(35)27-68-70(64,65)66)21-20-49(8)31(41(40)51)14-15-38-48(7)18-17-39(47(5,6)37(48)16-19-50(38,49)9)69-44(62)33-22-32(43(60)61)46(33,3)4/h10-13,23,28,31-33,37-39H,14-22,24-27H2,1-9H3,(H,54,59)(H,55,63)(H,60,61)(H2,64,65,66)/t31-,32+,33-,37+,38-,39+,48+,49-,50-,51-/m1/s1. The summed E-state index contributed by atoms with van der Waals surface area (Å²) in [6, 6.07) is 8.11. The molecule has 0 unspecified atom stereocenters. The van der Waals surface area contributed by atoms with Crippen LogP contribution in [-0.4, -0.2) is 84.6 Å². The molecular formula is C52H70ClN4O12P. The molecule has 0 spiro atoms. The van der Waals surface area contributed by atoms with Gasteiger partial charge in [0.1, 0.15) is 11.8 Å². The van der Waals surface area contributed by atoms with Crippen molar-refractivity contribution in [2.45, 2.75) is 150 Å². The second kappa shape index (κ2) is 17.1. The Hall–Kier alpha value is -3.92. The fourth-order valence-electron chi connectivity index (χ4n) is 15.7. The minimum Gasteiger partial charge on any atom is -0.481 e. The lowest BCUT2D eigenvalue weighted by Crippen LogP contribution is -2.73. The molecule has 2 heterocycles. The number of phosphoric acid groups is 1. The number of Topliss-reactive ketones (excluding diaryl/α,β-unsaturated/α-hetero) is 1. The van der Waals surface area contributed by atoms with Crippen LogP contribution in [-0.2, 0) is 44.5 Å². The molecule has 6 aliphatic carbocycles. The van der Waals surface area contributed by atoms with Crippen LogP contribution in [0.1, 0.15) is 137 Å². The van der Waals surface area contributed by atoms with Crippen molar-refractivity contribution in [1.29, 1.82) is 0 Å². The normalized spacial score (nSPS) is 35.8. The van der Waals surface area contributed by atoms with Gasteiger partial charge in [-0.25, -0.2) is 9.25 Å². The van der Waals surface area contributed by atoms with E-state index in [1.807, 2.05) is 27.7 Å². The second-order valence-electron chi connectivity index (χ2n) is 24.2. The fourth-order valence-corrected chi connectivity index (χ4v) is 16.1. The van der Waals surface area contributed by atoms with Crippen LogP contribution < -0.4 is 10.6 Å². The number of carbonyl (C=O) groups excluding carboxylic acids is 4. The Balaban J connectivity index is 0.962. The van der Waals surface area contributed by atoms with Crippen molar-refractivity contribution in [3.63, 3.8) is 0 Å². The molecule has 1 aromatic carbocycles. The average molecular weight is 1010 g/mol. The number of fused-ring (bicyclic) bond motifs is 7. The van der Waals surface area contributed by atoms with Crippen molar-refractivity contribution in [3.05, 3.63) is 52.2 Å². The molecule has 2 aromatic rings. The number of aliphatic carboxylic acids is 1. The van der Waals surface area contributed by atoms with Gasteiger partial charge in [0.25, 0.3) is 11.8 Å². The minimum atomic E-state index is -4.96. The molecule has 1 aliphatic heterocycles. The molecule has 1 saturated heterocycles. The number of carbonyl (C=O) groups is 5. The van der Waals surface area contributed by atoms with Gasteiger partial charge in [-0.1, -0.05) is 86.0 Å². The fraction of sp³-hybridized carbons (Fsp3) is 0.692. The van der Waals surface area contributed by atoms with Crippen LogP contribution in [0.5, 0.6) is 0 Å². The summed E-state index contributed by atoms with van der Waals surface area (Å²) in [4.78, 5) is 88.2. The molecule has 0 bridgehead atoms. The lowest BCUT2D eigenvalue weighted by atomic mass is 9.33. The van der Waals surface area contributed by atoms with Gasteiger partial charge in [0.05, 0.1) is 36.3 Å². The van der Waals surface area contributed by atoms with Gasteiger partial charge in [0.2, 0.25) is 0 Å². The monoisotopic (exact) mass is 1010 g/mol. The molecule has 18 heteroatoms. The van der Waals surface area contributed by atoms with Crippen molar-refractivity contribution in [2.75, 3.05) is 13.2 Å². The summed E-state index contributed by atoms with van der Waals surface area (Å²) in [6.45, 7) is 18.7. The molecular weight excluding hydrogens is 939 g/mol. The quantitative estimate of drug-likeness (QED) is 0.0997. The number of phosphoric ester groups is 1. The summed E-state index contributed by atoms with van der Waals surface area (Å²) in [5.41, 5.74) is -1.27. The summed E-state index contributed by atoms with van der Waals surface area (Å²) in [5, 5.41) is 20.9. The first-order valence-electron chi connectivity index (χ1n) is 25.0. The number of carboxylic acid groups (broad SMARTS) is 1. The number of benzene rings is 1. The Morgan fingerprint density at radius 3 is 2.17 bits per heavy atom. The Kier molecular flexibility index (Phi) is 12.4. The highest BCUT2D eigenvalue weighted by Crippen LogP contribution is 2.76. The molecule has 5 N–H and O–H groups in total. The Bertz CT molecular complexity index is 2600. The number of amides is 2. The van der Waals surface area contributed by atoms with Gasteiger partial charge in [-0.2, -0.15) is 5.10 Å². The molecule has 1 aromatic heterocycles. The first-order chi connectivity index (χ1) is 32.5. The van der Waals surface area contributed by atoms with Gasteiger partial charge in [0, 0.05) is 22.4 Å². The molecule has 5 saturated carbocycles. The number of nitrogens with one attached hydrogen (secondary N) is 2. The summed E-state index contributed by atoms with van der Waals surface area (Å²) in [5.74, 6) is -2.79. The van der Waals surface area contributed by atoms with Gasteiger partial charge in [0.15, 0.2) is 18.1 Å². The Morgan fingerprint density at radius 1 is 0.886 bits per heavy atom. The van der Waals surface area contributed by atoms with E-state index in [1.165, 1.54) is 6.07 Å². The van der Waals surface area contributed by atoms with Crippen molar-refractivity contribution < 1.29 is 57.4 Å². The summed E-state index contributed by atoms with van der Waals surface area (Å²) in [7, 11) is -4.96. The number of nitrogens with zero attached hydrogens (tertiary/aromatic N) is 2. The molecule has 0 radical (unpaired) electrons. The lowest BCUT2D eigenvalue weighted by Gasteiger charge is -2.72. The van der Waals surface area contributed by atoms with Crippen molar-refractivity contribution in [3.8, 4) is 11.3 Å². The van der Waals surface area contributed by atoms with Gasteiger partial charge in [-0.15, -0.1) is 0 Å². The largest absolute Gasteiger partial charge is 0.481 e. The van der Waals surface area contributed by atoms with Crippen molar-refractivity contribution in [2.24, 2.45) is 62.6 Å². The number of halogens is 1. The minimum absolute atomic E-state index is 0.00964. The third-order valence-electron chi connectivity index (χ3n) is 19.8. The van der Waals surface area contributed by atoms with Crippen LogP contribution in [0.3, 0.4) is 0 Å². The molecule has 7 aliphatic rings.